The van der Waals surface area contributed by atoms with Crippen LogP contribution in [0, 0.1) is 5.82 Å². The summed E-state index contributed by atoms with van der Waals surface area (Å²) in [6.07, 6.45) is 2.06. The minimum Gasteiger partial charge on any atom is -0.486 e. The van der Waals surface area contributed by atoms with E-state index in [1.165, 1.54) is 24.3 Å². The predicted molar refractivity (Wildman–Crippen MR) is 93.3 cm³/mol. The molecule has 134 valence electrons. The van der Waals surface area contributed by atoms with E-state index >= 15 is 0 Å². The summed E-state index contributed by atoms with van der Waals surface area (Å²) in [7, 11) is 0. The van der Waals surface area contributed by atoms with Crippen molar-refractivity contribution in [3.8, 4) is 5.75 Å². The number of hydrogen-bond acceptors (Lipinski definition) is 5. The highest BCUT2D eigenvalue weighted by Crippen LogP contribution is 2.17. The Morgan fingerprint density at radius 2 is 1.73 bits per heavy atom. The van der Waals surface area contributed by atoms with Crippen LogP contribution in [-0.4, -0.2) is 26.0 Å². The maximum Gasteiger partial charge on any atom is 0.193 e. The molecule has 0 aliphatic carbocycles. The minimum absolute atomic E-state index is 0.167. The molecule has 0 amide bonds. The van der Waals surface area contributed by atoms with Crippen LogP contribution in [0.1, 0.15) is 41.5 Å². The Morgan fingerprint density at radius 1 is 1.08 bits per heavy atom. The van der Waals surface area contributed by atoms with Crippen molar-refractivity contribution in [3.05, 3.63) is 71.3 Å². The zero-order chi connectivity index (χ0) is 18.4. The average molecular weight is 354 g/mol. The lowest BCUT2D eigenvalue weighted by molar-refractivity contribution is 0.103. The monoisotopic (exact) mass is 354 g/mol. The normalized spacial score (nSPS) is 10.7. The first kappa shape index (κ1) is 17.7. The summed E-state index contributed by atoms with van der Waals surface area (Å²) in [6.45, 7) is 3.12. The zero-order valence-electron chi connectivity index (χ0n) is 14.4. The molecule has 0 radical (unpaired) electrons. The van der Waals surface area contributed by atoms with E-state index in [-0.39, 0.29) is 18.2 Å². The molecule has 0 fully saturated rings. The third kappa shape index (κ3) is 4.30. The number of ketones is 1. The van der Waals surface area contributed by atoms with Crippen LogP contribution in [0.2, 0.25) is 0 Å². The molecule has 0 aliphatic rings. The van der Waals surface area contributed by atoms with E-state index in [0.717, 1.165) is 19.4 Å². The highest BCUT2D eigenvalue weighted by atomic mass is 19.1. The number of aryl methyl sites for hydroxylation is 1. The summed E-state index contributed by atoms with van der Waals surface area (Å²) in [5.41, 5.74) is 0.951. The third-order valence-corrected chi connectivity index (χ3v) is 3.92. The first-order chi connectivity index (χ1) is 12.7. The number of benzene rings is 2. The van der Waals surface area contributed by atoms with Gasteiger partial charge in [0.25, 0.3) is 0 Å². The molecule has 26 heavy (non-hydrogen) atoms. The summed E-state index contributed by atoms with van der Waals surface area (Å²) < 4.78 is 20.4. The van der Waals surface area contributed by atoms with E-state index in [1.54, 1.807) is 28.9 Å². The molecule has 0 bridgehead atoms. The smallest absolute Gasteiger partial charge is 0.193 e. The molecular formula is C19H19FN4O2. The largest absolute Gasteiger partial charge is 0.486 e. The molecule has 1 heterocycles. The highest BCUT2D eigenvalue weighted by molar-refractivity contribution is 6.08. The van der Waals surface area contributed by atoms with Gasteiger partial charge in [-0.1, -0.05) is 13.3 Å². The van der Waals surface area contributed by atoms with E-state index in [2.05, 4.69) is 22.4 Å². The fourth-order valence-electron chi connectivity index (χ4n) is 2.43. The Labute approximate surface area is 150 Å². The van der Waals surface area contributed by atoms with Crippen LogP contribution >= 0.6 is 0 Å². The number of hydrogen-bond donors (Lipinski definition) is 0. The second-order valence-corrected chi connectivity index (χ2v) is 5.82. The van der Waals surface area contributed by atoms with E-state index in [0.29, 0.717) is 22.7 Å². The summed E-state index contributed by atoms with van der Waals surface area (Å²) in [4.78, 5) is 12.4. The van der Waals surface area contributed by atoms with Gasteiger partial charge in [0, 0.05) is 17.7 Å². The van der Waals surface area contributed by atoms with Gasteiger partial charge in [-0.2, -0.15) is 0 Å². The number of nitrogens with zero attached hydrogens (tertiary/aromatic N) is 4. The van der Waals surface area contributed by atoms with E-state index in [9.17, 15) is 9.18 Å². The topological polar surface area (TPSA) is 69.9 Å². The molecule has 1 aromatic heterocycles. The lowest BCUT2D eigenvalue weighted by Gasteiger charge is -2.07. The van der Waals surface area contributed by atoms with Gasteiger partial charge in [-0.15, -0.1) is 5.10 Å². The van der Waals surface area contributed by atoms with Crippen LogP contribution in [0.5, 0.6) is 5.75 Å². The van der Waals surface area contributed by atoms with Crippen LogP contribution in [0.3, 0.4) is 0 Å². The second-order valence-electron chi connectivity index (χ2n) is 5.82. The number of unbranched alkanes of at least 4 members (excludes halogenated alkanes) is 1. The van der Waals surface area contributed by atoms with Crippen molar-refractivity contribution in [3.63, 3.8) is 0 Å². The van der Waals surface area contributed by atoms with Crippen molar-refractivity contribution in [1.82, 2.24) is 20.2 Å². The molecule has 2 aromatic carbocycles. The summed E-state index contributed by atoms with van der Waals surface area (Å²) in [6, 6.07) is 12.3. The van der Waals surface area contributed by atoms with E-state index in [4.69, 9.17) is 4.74 Å². The van der Waals surface area contributed by atoms with Crippen LogP contribution in [0.15, 0.2) is 48.5 Å². The fraction of sp³-hybridized carbons (Fsp3) is 0.263. The number of rotatable bonds is 8. The molecule has 0 atom stereocenters. The molecule has 0 N–H and O–H groups in total. The zero-order valence-corrected chi connectivity index (χ0v) is 14.4. The molecule has 6 nitrogen and oxygen atoms in total. The maximum absolute atomic E-state index is 13.0. The number of halogens is 1. The Balaban J connectivity index is 1.62. The highest BCUT2D eigenvalue weighted by Gasteiger charge is 2.10. The van der Waals surface area contributed by atoms with Gasteiger partial charge in [-0.25, -0.2) is 9.07 Å². The van der Waals surface area contributed by atoms with Gasteiger partial charge in [0.1, 0.15) is 18.2 Å². The van der Waals surface area contributed by atoms with Crippen LogP contribution < -0.4 is 4.74 Å². The van der Waals surface area contributed by atoms with Gasteiger partial charge in [-0.05, 0) is 65.4 Å². The molecule has 3 rings (SSSR count). The number of aromatic nitrogens is 4. The third-order valence-electron chi connectivity index (χ3n) is 3.92. The van der Waals surface area contributed by atoms with Crippen molar-refractivity contribution in [2.24, 2.45) is 0 Å². The Hall–Kier alpha value is -3.09. The Bertz CT molecular complexity index is 860. The lowest BCUT2D eigenvalue weighted by atomic mass is 10.0. The number of ether oxygens (including phenoxy) is 1. The molecular weight excluding hydrogens is 335 g/mol. The lowest BCUT2D eigenvalue weighted by Crippen LogP contribution is -2.09. The molecule has 0 spiro atoms. The predicted octanol–water partition coefficient (Wildman–Crippen LogP) is 3.42. The maximum atomic E-state index is 13.0. The Kier molecular flexibility index (Phi) is 5.68. The van der Waals surface area contributed by atoms with Crippen molar-refractivity contribution in [2.75, 3.05) is 0 Å². The van der Waals surface area contributed by atoms with Gasteiger partial charge in [0.05, 0.1) is 0 Å². The molecule has 0 saturated carbocycles. The van der Waals surface area contributed by atoms with E-state index < -0.39 is 0 Å². The summed E-state index contributed by atoms with van der Waals surface area (Å²) in [5, 5.41) is 11.6. The van der Waals surface area contributed by atoms with Gasteiger partial charge in [0.15, 0.2) is 11.6 Å². The first-order valence-corrected chi connectivity index (χ1v) is 8.45. The van der Waals surface area contributed by atoms with Gasteiger partial charge in [0.2, 0.25) is 0 Å². The van der Waals surface area contributed by atoms with Crippen molar-refractivity contribution < 1.29 is 13.9 Å². The molecule has 7 heteroatoms. The van der Waals surface area contributed by atoms with Crippen LogP contribution in [-0.2, 0) is 13.2 Å². The van der Waals surface area contributed by atoms with Gasteiger partial charge < -0.3 is 4.74 Å². The number of carbonyl (C=O) groups excluding carboxylic acids is 1. The molecule has 0 aliphatic heterocycles. The van der Waals surface area contributed by atoms with Crippen LogP contribution in [0.25, 0.3) is 0 Å². The van der Waals surface area contributed by atoms with Gasteiger partial charge >= 0.3 is 0 Å². The SMILES string of the molecule is CCCCn1nnnc1COc1ccc(C(=O)c2ccc(F)cc2)cc1. The van der Waals surface area contributed by atoms with Crippen molar-refractivity contribution >= 4 is 5.78 Å². The number of tetrazole rings is 1. The van der Waals surface area contributed by atoms with Crippen molar-refractivity contribution in [2.45, 2.75) is 32.9 Å². The number of carbonyl (C=O) groups is 1. The molecule has 3 aromatic rings. The minimum atomic E-state index is -0.369. The Morgan fingerprint density at radius 3 is 2.38 bits per heavy atom. The molecule has 0 unspecified atom stereocenters. The summed E-state index contributed by atoms with van der Waals surface area (Å²) >= 11 is 0. The quantitative estimate of drug-likeness (QED) is 0.580. The standard InChI is InChI=1S/C19H19FN4O2/c1-2-3-12-24-18(21-22-23-24)13-26-17-10-6-15(7-11-17)19(25)14-4-8-16(20)9-5-14/h4-11H,2-3,12-13H2,1H3. The second kappa shape index (κ2) is 8.33. The fourth-order valence-corrected chi connectivity index (χ4v) is 2.43. The van der Waals surface area contributed by atoms with E-state index in [1.807, 2.05) is 0 Å². The van der Waals surface area contributed by atoms with Gasteiger partial charge in [-0.3, -0.25) is 4.79 Å². The molecule has 0 saturated heterocycles. The first-order valence-electron chi connectivity index (χ1n) is 8.45. The summed E-state index contributed by atoms with van der Waals surface area (Å²) in [5.74, 6) is 0.738. The average Bonchev–Trinajstić information content (AvgIpc) is 3.12. The van der Waals surface area contributed by atoms with Crippen LogP contribution in [0.4, 0.5) is 4.39 Å². The van der Waals surface area contributed by atoms with Crippen molar-refractivity contribution in [1.29, 1.82) is 0 Å².